The average Bonchev–Trinajstić information content (AvgIpc) is 3.88. The number of rotatable bonds is 6. The van der Waals surface area contributed by atoms with Crippen molar-refractivity contribution < 1.29 is 47.5 Å². The van der Waals surface area contributed by atoms with Crippen molar-refractivity contribution >= 4 is 58.0 Å². The molecule has 8 rings (SSSR count). The number of alkyl halides is 4. The van der Waals surface area contributed by atoms with E-state index in [1.165, 1.54) is 28.4 Å². The summed E-state index contributed by atoms with van der Waals surface area (Å²) in [5.74, 6) is -3.29. The molecule has 2 spiro atoms. The Hall–Kier alpha value is 0.180. The van der Waals surface area contributed by atoms with Gasteiger partial charge in [0.1, 0.15) is 9.75 Å². The molecule has 4 bridgehead atoms. The van der Waals surface area contributed by atoms with E-state index in [0.717, 1.165) is 51.4 Å². The summed E-state index contributed by atoms with van der Waals surface area (Å²) in [5, 5.41) is 0. The first-order valence-electron chi connectivity index (χ1n) is 17.2. The van der Waals surface area contributed by atoms with Crippen LogP contribution in [0.1, 0.15) is 64.2 Å². The Morgan fingerprint density at radius 3 is 1.12 bits per heavy atom. The Morgan fingerprint density at radius 2 is 0.854 bits per heavy atom. The molecular weight excluding hydrogens is 710 g/mol. The van der Waals surface area contributed by atoms with Crippen molar-refractivity contribution in [1.29, 1.82) is 0 Å². The molecule has 6 aliphatic carbocycles. The summed E-state index contributed by atoms with van der Waals surface area (Å²) in [4.78, 5) is 22.3. The maximum absolute atomic E-state index is 13.6. The van der Waals surface area contributed by atoms with Crippen molar-refractivity contribution in [1.82, 2.24) is 0 Å². The van der Waals surface area contributed by atoms with Gasteiger partial charge in [0.15, 0.2) is 32.5 Å². The molecular formula is C34H48Cl4O10. The van der Waals surface area contributed by atoms with Crippen LogP contribution in [0.15, 0.2) is 0 Å². The van der Waals surface area contributed by atoms with Crippen LogP contribution >= 0.6 is 46.4 Å². The predicted molar refractivity (Wildman–Crippen MR) is 177 cm³/mol. The lowest BCUT2D eigenvalue weighted by Gasteiger charge is -2.48. The molecule has 6 saturated carbocycles. The highest BCUT2D eigenvalue weighted by Gasteiger charge is 2.95. The summed E-state index contributed by atoms with van der Waals surface area (Å²) in [7, 11) is 9.30. The van der Waals surface area contributed by atoms with E-state index in [1.807, 2.05) is 0 Å². The molecule has 8 aliphatic rings. The van der Waals surface area contributed by atoms with Crippen LogP contribution in [0.25, 0.3) is 0 Å². The number of Topliss-reactive ketones (excluding diaryl/α,β-unsaturated/α-hetero) is 2. The maximum atomic E-state index is 13.6. The predicted octanol–water partition coefficient (Wildman–Crippen LogP) is 5.02. The van der Waals surface area contributed by atoms with E-state index < -0.39 is 42.3 Å². The Kier molecular flexibility index (Phi) is 9.01. The fourth-order valence-corrected chi connectivity index (χ4v) is 15.3. The largest absolute Gasteiger partial charge is 0.379 e. The van der Waals surface area contributed by atoms with Gasteiger partial charge in [0, 0.05) is 55.5 Å². The number of hydrogen-bond acceptors (Lipinski definition) is 10. The smallest absolute Gasteiger partial charge is 0.218 e. The molecule has 2 aliphatic heterocycles. The fourth-order valence-electron chi connectivity index (χ4n) is 12.2. The first-order valence-corrected chi connectivity index (χ1v) is 18.7. The molecule has 0 N–H and O–H groups in total. The summed E-state index contributed by atoms with van der Waals surface area (Å²) in [6.07, 6.45) is 8.10. The molecule has 0 amide bonds. The molecule has 10 nitrogen and oxygen atoms in total. The minimum absolute atomic E-state index is 0.0126. The highest BCUT2D eigenvalue weighted by molar-refractivity contribution is 6.45. The topological polar surface area (TPSA) is 108 Å². The molecule has 0 aromatic heterocycles. The minimum atomic E-state index is -1.40. The molecule has 2 saturated heterocycles. The van der Waals surface area contributed by atoms with Gasteiger partial charge in [0.25, 0.3) is 0 Å². The first-order chi connectivity index (χ1) is 22.8. The highest BCUT2D eigenvalue weighted by atomic mass is 35.5. The third-order valence-electron chi connectivity index (χ3n) is 13.9. The molecule has 8 fully saturated rings. The summed E-state index contributed by atoms with van der Waals surface area (Å²) < 4.78 is 46.4. The van der Waals surface area contributed by atoms with Gasteiger partial charge in [-0.2, -0.15) is 0 Å². The van der Waals surface area contributed by atoms with Crippen molar-refractivity contribution in [2.45, 2.75) is 119 Å². The van der Waals surface area contributed by atoms with Crippen LogP contribution in [-0.2, 0) is 47.5 Å². The molecule has 48 heavy (non-hydrogen) atoms. The summed E-state index contributed by atoms with van der Waals surface area (Å²) in [6, 6.07) is 0. The normalized spacial score (nSPS) is 52.2. The van der Waals surface area contributed by atoms with Crippen LogP contribution in [-0.4, -0.2) is 122 Å². The van der Waals surface area contributed by atoms with Gasteiger partial charge in [-0.3, -0.25) is 9.59 Å². The van der Waals surface area contributed by atoms with E-state index in [0.29, 0.717) is 26.1 Å². The Balaban J connectivity index is 0.000000152. The zero-order chi connectivity index (χ0) is 34.8. The second-order valence-corrected chi connectivity index (χ2v) is 17.3. The van der Waals surface area contributed by atoms with E-state index in [4.69, 9.17) is 84.3 Å². The highest BCUT2D eigenvalue weighted by Crippen LogP contribution is 2.78. The fraction of sp³-hybridized carbons (Fsp3) is 0.941. The second-order valence-electron chi connectivity index (χ2n) is 14.9. The third-order valence-corrected chi connectivity index (χ3v) is 17.0. The van der Waals surface area contributed by atoms with Gasteiger partial charge in [-0.15, -0.1) is 46.4 Å². The standard InChI is InChI=1S/2C17H24Cl2O5/c2*1-21-10-8-14(24-9-10)13(20)15(18)11-6-4-5-7-12(11)16(14,19)17(15,22-2)23-3/h2*10-12H,4-9H2,1-3H3/t2*10-,11+,12-,14+,15+,16-/m10/s1. The number of carbonyl (C=O) groups is 2. The molecule has 0 unspecified atom stereocenters. The van der Waals surface area contributed by atoms with Gasteiger partial charge in [-0.05, 0) is 49.4 Å². The number of carbonyl (C=O) groups excluding carboxylic acids is 2. The van der Waals surface area contributed by atoms with Gasteiger partial charge in [-0.25, -0.2) is 0 Å². The minimum Gasteiger partial charge on any atom is -0.379 e. The van der Waals surface area contributed by atoms with Crippen molar-refractivity contribution in [3.8, 4) is 0 Å². The van der Waals surface area contributed by atoms with Crippen LogP contribution in [0.5, 0.6) is 0 Å². The maximum Gasteiger partial charge on any atom is 0.218 e. The zero-order valence-electron chi connectivity index (χ0n) is 28.5. The number of fused-ring (bicyclic) bond motifs is 12. The molecule has 12 atom stereocenters. The lowest BCUT2D eigenvalue weighted by atomic mass is 9.63. The third kappa shape index (κ3) is 3.58. The number of hydrogen-bond donors (Lipinski definition) is 0. The van der Waals surface area contributed by atoms with Crippen LogP contribution in [0.4, 0.5) is 0 Å². The molecule has 0 radical (unpaired) electrons. The van der Waals surface area contributed by atoms with E-state index in [-0.39, 0.29) is 47.4 Å². The SMILES string of the molecule is CO[C@@H]1CO[C@]2(C1)C(=O)[C@]1(Cl)[C@@H]3CCCC[C@@H]3[C@@]2(Cl)C1(OC)OC.CO[C@H]1CO[C@@]2(C1)C(=O)[C@@]1(Cl)[C@H]3CCCC[C@H]3[C@]2(Cl)C1(OC)OC. The lowest BCUT2D eigenvalue weighted by Crippen LogP contribution is -2.64. The van der Waals surface area contributed by atoms with Gasteiger partial charge in [-0.1, -0.05) is 25.7 Å². The van der Waals surface area contributed by atoms with Gasteiger partial charge in [0.2, 0.25) is 11.6 Å². The monoisotopic (exact) mass is 756 g/mol. The summed E-state index contributed by atoms with van der Waals surface area (Å²) >= 11 is 28.8. The number of ether oxygens (including phenoxy) is 8. The average molecular weight is 759 g/mol. The van der Waals surface area contributed by atoms with E-state index >= 15 is 0 Å². The van der Waals surface area contributed by atoms with Crippen molar-refractivity contribution in [3.63, 3.8) is 0 Å². The summed E-state index contributed by atoms with van der Waals surface area (Å²) in [6.45, 7) is 0.648. The Morgan fingerprint density at radius 1 is 0.542 bits per heavy atom. The molecule has 272 valence electrons. The van der Waals surface area contributed by atoms with Gasteiger partial charge in [0.05, 0.1) is 25.4 Å². The molecule has 2 heterocycles. The van der Waals surface area contributed by atoms with Gasteiger partial charge < -0.3 is 37.9 Å². The number of halogens is 4. The Labute approximate surface area is 302 Å². The number of methoxy groups -OCH3 is 6. The molecule has 0 aromatic carbocycles. The van der Waals surface area contributed by atoms with Crippen LogP contribution in [0.3, 0.4) is 0 Å². The first kappa shape index (κ1) is 36.5. The van der Waals surface area contributed by atoms with Crippen LogP contribution < -0.4 is 0 Å². The lowest BCUT2D eigenvalue weighted by molar-refractivity contribution is -0.236. The van der Waals surface area contributed by atoms with Crippen molar-refractivity contribution in [3.05, 3.63) is 0 Å². The van der Waals surface area contributed by atoms with E-state index in [2.05, 4.69) is 0 Å². The van der Waals surface area contributed by atoms with Crippen LogP contribution in [0.2, 0.25) is 0 Å². The van der Waals surface area contributed by atoms with Crippen molar-refractivity contribution in [2.24, 2.45) is 23.7 Å². The number of ketones is 2. The zero-order valence-corrected chi connectivity index (χ0v) is 31.6. The van der Waals surface area contributed by atoms with E-state index in [9.17, 15) is 9.59 Å². The summed E-state index contributed by atoms with van der Waals surface area (Å²) in [5.41, 5.74) is -2.44. The van der Waals surface area contributed by atoms with Crippen LogP contribution in [0, 0.1) is 23.7 Å². The second kappa shape index (κ2) is 11.8. The van der Waals surface area contributed by atoms with Gasteiger partial charge >= 0.3 is 0 Å². The quantitative estimate of drug-likeness (QED) is 0.271. The molecule has 14 heteroatoms. The molecule has 0 aromatic rings. The van der Waals surface area contributed by atoms with Crippen molar-refractivity contribution in [2.75, 3.05) is 55.9 Å². The Bertz CT molecular complexity index is 1230. The van der Waals surface area contributed by atoms with E-state index in [1.54, 1.807) is 14.2 Å².